The van der Waals surface area contributed by atoms with Gasteiger partial charge >= 0.3 is 0 Å². The van der Waals surface area contributed by atoms with Crippen LogP contribution in [0.3, 0.4) is 0 Å². The second-order valence-corrected chi connectivity index (χ2v) is 5.94. The molecule has 4 nitrogen and oxygen atoms in total. The highest BCUT2D eigenvalue weighted by Gasteiger charge is 2.39. The molecule has 4 heteroatoms. The first-order valence-corrected chi connectivity index (χ1v) is 7.48. The van der Waals surface area contributed by atoms with Gasteiger partial charge in [-0.3, -0.25) is 4.90 Å². The summed E-state index contributed by atoms with van der Waals surface area (Å²) in [6.45, 7) is 3.87. The van der Waals surface area contributed by atoms with E-state index in [0.717, 1.165) is 32.3 Å². The highest BCUT2D eigenvalue weighted by molar-refractivity contribution is 4.94. The number of methoxy groups -OCH3 is 1. The monoisotopic (exact) mass is 254 g/mol. The lowest BCUT2D eigenvalue weighted by Gasteiger charge is -2.42. The summed E-state index contributed by atoms with van der Waals surface area (Å²) in [5.41, 5.74) is 0. The largest absolute Gasteiger partial charge is 0.383 e. The Morgan fingerprint density at radius 2 is 2.22 bits per heavy atom. The molecule has 0 aromatic heterocycles. The van der Waals surface area contributed by atoms with E-state index in [1.807, 2.05) is 7.11 Å². The van der Waals surface area contributed by atoms with E-state index in [0.29, 0.717) is 18.2 Å². The van der Waals surface area contributed by atoms with E-state index in [9.17, 15) is 0 Å². The minimum atomic E-state index is 0.485. The van der Waals surface area contributed by atoms with Crippen LogP contribution in [0.2, 0.25) is 0 Å². The molecule has 0 amide bonds. The number of nitrogens with zero attached hydrogens (tertiary/aromatic N) is 1. The highest BCUT2D eigenvalue weighted by Crippen LogP contribution is 2.31. The first-order chi connectivity index (χ1) is 8.88. The minimum absolute atomic E-state index is 0.485. The van der Waals surface area contributed by atoms with Crippen LogP contribution in [0, 0.1) is 0 Å². The molecule has 3 unspecified atom stereocenters. The number of rotatable bonds is 6. The Morgan fingerprint density at radius 3 is 3.00 bits per heavy atom. The highest BCUT2D eigenvalue weighted by atomic mass is 16.5. The van der Waals surface area contributed by atoms with Gasteiger partial charge in [-0.05, 0) is 32.1 Å². The molecule has 1 saturated heterocycles. The van der Waals surface area contributed by atoms with E-state index >= 15 is 0 Å². The molecule has 104 valence electrons. The van der Waals surface area contributed by atoms with Crippen molar-refractivity contribution in [1.29, 1.82) is 0 Å². The van der Waals surface area contributed by atoms with Crippen LogP contribution in [0.4, 0.5) is 0 Å². The van der Waals surface area contributed by atoms with Crippen LogP contribution >= 0.6 is 0 Å². The van der Waals surface area contributed by atoms with Gasteiger partial charge in [0, 0.05) is 38.3 Å². The normalized spacial score (nSPS) is 34.5. The van der Waals surface area contributed by atoms with Crippen LogP contribution in [0.15, 0.2) is 0 Å². The Labute approximate surface area is 110 Å². The summed E-state index contributed by atoms with van der Waals surface area (Å²) in [5.74, 6) is 0. The van der Waals surface area contributed by atoms with Crippen molar-refractivity contribution < 1.29 is 9.47 Å². The molecule has 0 aromatic rings. The molecule has 3 fully saturated rings. The summed E-state index contributed by atoms with van der Waals surface area (Å²) in [4.78, 5) is 2.65. The zero-order valence-corrected chi connectivity index (χ0v) is 11.4. The van der Waals surface area contributed by atoms with Gasteiger partial charge in [-0.25, -0.2) is 0 Å². The third kappa shape index (κ3) is 2.87. The fourth-order valence-corrected chi connectivity index (χ4v) is 3.46. The van der Waals surface area contributed by atoms with Crippen molar-refractivity contribution >= 4 is 0 Å². The molecule has 0 radical (unpaired) electrons. The molecule has 2 aliphatic carbocycles. The number of hydrogen-bond donors (Lipinski definition) is 1. The molecule has 2 saturated carbocycles. The summed E-state index contributed by atoms with van der Waals surface area (Å²) in [6.07, 6.45) is 7.07. The standard InChI is InChI=1S/C14H26N2O2/c1-17-10-12(9-15-11-5-6-11)16-7-8-18-14-4-2-3-13(14)16/h11-15H,2-10H2,1H3. The predicted molar refractivity (Wildman–Crippen MR) is 70.8 cm³/mol. The second kappa shape index (κ2) is 5.87. The first-order valence-electron chi connectivity index (χ1n) is 7.48. The summed E-state index contributed by atoms with van der Waals surface area (Å²) in [7, 11) is 1.82. The smallest absolute Gasteiger partial charge is 0.0731 e. The summed E-state index contributed by atoms with van der Waals surface area (Å²) >= 11 is 0. The Balaban J connectivity index is 1.59. The van der Waals surface area contributed by atoms with Crippen LogP contribution in [-0.4, -0.2) is 62.5 Å². The quantitative estimate of drug-likeness (QED) is 0.767. The molecule has 0 aromatic carbocycles. The van der Waals surface area contributed by atoms with Gasteiger partial charge in [0.1, 0.15) is 0 Å². The molecule has 3 atom stereocenters. The summed E-state index contributed by atoms with van der Waals surface area (Å²) in [5, 5.41) is 3.66. The van der Waals surface area contributed by atoms with Crippen molar-refractivity contribution in [1.82, 2.24) is 10.2 Å². The molecule has 1 N–H and O–H groups in total. The van der Waals surface area contributed by atoms with Gasteiger partial charge in [-0.1, -0.05) is 0 Å². The maximum absolute atomic E-state index is 5.90. The topological polar surface area (TPSA) is 33.7 Å². The van der Waals surface area contributed by atoms with E-state index < -0.39 is 0 Å². The van der Waals surface area contributed by atoms with Crippen molar-refractivity contribution in [3.63, 3.8) is 0 Å². The lowest BCUT2D eigenvalue weighted by Crippen LogP contribution is -2.57. The Kier molecular flexibility index (Phi) is 4.19. The minimum Gasteiger partial charge on any atom is -0.383 e. The van der Waals surface area contributed by atoms with Crippen molar-refractivity contribution in [3.05, 3.63) is 0 Å². The van der Waals surface area contributed by atoms with Gasteiger partial charge in [0.15, 0.2) is 0 Å². The average Bonchev–Trinajstić information content (AvgIpc) is 3.09. The Bertz CT molecular complexity index is 271. The molecule has 0 bridgehead atoms. The van der Waals surface area contributed by atoms with Crippen LogP contribution in [-0.2, 0) is 9.47 Å². The molecule has 1 heterocycles. The molecule has 1 aliphatic heterocycles. The van der Waals surface area contributed by atoms with Crippen LogP contribution in [0.1, 0.15) is 32.1 Å². The van der Waals surface area contributed by atoms with Gasteiger partial charge in [0.25, 0.3) is 0 Å². The third-order valence-electron chi connectivity index (χ3n) is 4.57. The van der Waals surface area contributed by atoms with Gasteiger partial charge in [0.05, 0.1) is 19.3 Å². The number of hydrogen-bond acceptors (Lipinski definition) is 4. The first kappa shape index (κ1) is 12.9. The Hall–Kier alpha value is -0.160. The number of fused-ring (bicyclic) bond motifs is 1. The summed E-state index contributed by atoms with van der Waals surface area (Å²) in [6, 6.07) is 1.94. The van der Waals surface area contributed by atoms with Crippen molar-refractivity contribution in [2.45, 2.75) is 56.3 Å². The second-order valence-electron chi connectivity index (χ2n) is 5.94. The van der Waals surface area contributed by atoms with Gasteiger partial charge < -0.3 is 14.8 Å². The molecule has 18 heavy (non-hydrogen) atoms. The number of ether oxygens (including phenoxy) is 2. The van der Waals surface area contributed by atoms with E-state index in [2.05, 4.69) is 10.2 Å². The maximum atomic E-state index is 5.90. The lowest BCUT2D eigenvalue weighted by atomic mass is 10.1. The third-order valence-corrected chi connectivity index (χ3v) is 4.57. The maximum Gasteiger partial charge on any atom is 0.0731 e. The molecule has 3 rings (SSSR count). The van der Waals surface area contributed by atoms with E-state index in [4.69, 9.17) is 9.47 Å². The SMILES string of the molecule is COCC(CNC1CC1)N1CCOC2CCCC21. The van der Waals surface area contributed by atoms with E-state index in [1.54, 1.807) is 0 Å². The van der Waals surface area contributed by atoms with Crippen LogP contribution in [0.25, 0.3) is 0 Å². The fourth-order valence-electron chi connectivity index (χ4n) is 3.46. The van der Waals surface area contributed by atoms with Gasteiger partial charge in [-0.2, -0.15) is 0 Å². The fraction of sp³-hybridized carbons (Fsp3) is 1.00. The van der Waals surface area contributed by atoms with E-state index in [-0.39, 0.29) is 0 Å². The molecular weight excluding hydrogens is 228 g/mol. The molecule has 0 spiro atoms. The number of nitrogens with one attached hydrogen (secondary N) is 1. The van der Waals surface area contributed by atoms with Crippen molar-refractivity contribution in [2.24, 2.45) is 0 Å². The number of morpholine rings is 1. The average molecular weight is 254 g/mol. The zero-order valence-electron chi connectivity index (χ0n) is 11.4. The van der Waals surface area contributed by atoms with Crippen molar-refractivity contribution in [3.8, 4) is 0 Å². The summed E-state index contributed by atoms with van der Waals surface area (Å²) < 4.78 is 11.3. The predicted octanol–water partition coefficient (Wildman–Crippen LogP) is 1.01. The molecular formula is C14H26N2O2. The van der Waals surface area contributed by atoms with Crippen LogP contribution < -0.4 is 5.32 Å². The van der Waals surface area contributed by atoms with Gasteiger partial charge in [-0.15, -0.1) is 0 Å². The zero-order chi connectivity index (χ0) is 12.4. The van der Waals surface area contributed by atoms with Crippen molar-refractivity contribution in [2.75, 3.05) is 33.4 Å². The van der Waals surface area contributed by atoms with E-state index in [1.165, 1.54) is 32.1 Å². The Morgan fingerprint density at radius 1 is 1.33 bits per heavy atom. The van der Waals surface area contributed by atoms with Gasteiger partial charge in [0.2, 0.25) is 0 Å². The molecule has 3 aliphatic rings. The van der Waals surface area contributed by atoms with Crippen LogP contribution in [0.5, 0.6) is 0 Å². The lowest BCUT2D eigenvalue weighted by molar-refractivity contribution is -0.0807.